The lowest BCUT2D eigenvalue weighted by atomic mass is 10.0. The summed E-state index contributed by atoms with van der Waals surface area (Å²) in [6, 6.07) is 0. The fourth-order valence-corrected chi connectivity index (χ4v) is 2.27. The summed E-state index contributed by atoms with van der Waals surface area (Å²) in [5.74, 6) is -1.83. The second-order valence-electron chi connectivity index (χ2n) is 3.90. The van der Waals surface area contributed by atoms with Gasteiger partial charge in [-0.25, -0.2) is 0 Å². The molecule has 2 heterocycles. The number of carbonyl (C=O) groups excluding carboxylic acids is 1. The monoisotopic (exact) mass is 299 g/mol. The zero-order chi connectivity index (χ0) is 11.8. The molecule has 0 radical (unpaired) electrons. The number of amides is 1. The van der Waals surface area contributed by atoms with Gasteiger partial charge in [-0.2, -0.15) is 8.78 Å². The number of halogens is 3. The van der Waals surface area contributed by atoms with Crippen LogP contribution in [0.1, 0.15) is 12.8 Å². The average Bonchev–Trinajstić information content (AvgIpc) is 2.66. The Morgan fingerprint density at radius 2 is 1.75 bits per heavy atom. The smallest absolute Gasteiger partial charge is 0.347 e. The SMILES string of the molecule is O=C(N1CCC2(CC1)OCCO2)C(F)(F)Br. The van der Waals surface area contributed by atoms with Crippen molar-refractivity contribution in [1.29, 1.82) is 0 Å². The van der Waals surface area contributed by atoms with Crippen molar-refractivity contribution in [2.75, 3.05) is 26.3 Å². The van der Waals surface area contributed by atoms with E-state index in [1.807, 2.05) is 0 Å². The maximum absolute atomic E-state index is 12.7. The second kappa shape index (κ2) is 4.19. The van der Waals surface area contributed by atoms with Gasteiger partial charge in [0, 0.05) is 41.9 Å². The Hall–Kier alpha value is -0.270. The Bertz CT molecular complexity index is 279. The highest BCUT2D eigenvalue weighted by atomic mass is 79.9. The number of hydrogen-bond donors (Lipinski definition) is 0. The standard InChI is InChI=1S/C9H12BrF2NO3/c10-9(11,12)7(14)13-3-1-8(2-4-13)15-5-6-16-8/h1-6H2. The van der Waals surface area contributed by atoms with Gasteiger partial charge in [-0.1, -0.05) is 0 Å². The summed E-state index contributed by atoms with van der Waals surface area (Å²) >= 11 is 2.07. The summed E-state index contributed by atoms with van der Waals surface area (Å²) in [6.45, 7) is 1.53. The number of ether oxygens (including phenoxy) is 2. The van der Waals surface area contributed by atoms with Crippen molar-refractivity contribution < 1.29 is 23.0 Å². The third kappa shape index (κ3) is 2.36. The molecule has 2 saturated heterocycles. The Labute approximate surface area is 100.0 Å². The van der Waals surface area contributed by atoms with Crippen LogP contribution in [0.3, 0.4) is 0 Å². The number of piperidine rings is 1. The van der Waals surface area contributed by atoms with Crippen LogP contribution < -0.4 is 0 Å². The third-order valence-corrected chi connectivity index (χ3v) is 3.21. The molecule has 7 heteroatoms. The molecule has 0 atom stereocenters. The first kappa shape index (κ1) is 12.2. The number of likely N-dealkylation sites (tertiary alicyclic amines) is 1. The molecular formula is C9H12BrF2NO3. The van der Waals surface area contributed by atoms with E-state index in [9.17, 15) is 13.6 Å². The quantitative estimate of drug-likeness (QED) is 0.686. The first-order chi connectivity index (χ1) is 7.43. The molecule has 2 fully saturated rings. The van der Waals surface area contributed by atoms with Gasteiger partial charge in [0.2, 0.25) is 0 Å². The van der Waals surface area contributed by atoms with E-state index in [2.05, 4.69) is 15.9 Å². The minimum absolute atomic E-state index is 0.236. The van der Waals surface area contributed by atoms with E-state index in [4.69, 9.17) is 9.47 Å². The van der Waals surface area contributed by atoms with Gasteiger partial charge in [-0.15, -0.1) is 0 Å². The lowest BCUT2D eigenvalue weighted by Crippen LogP contribution is -2.50. The van der Waals surface area contributed by atoms with Gasteiger partial charge in [-0.05, 0) is 0 Å². The molecule has 4 nitrogen and oxygen atoms in total. The molecule has 2 rings (SSSR count). The minimum atomic E-state index is -3.48. The summed E-state index contributed by atoms with van der Waals surface area (Å²) in [5, 5.41) is 0. The van der Waals surface area contributed by atoms with Crippen LogP contribution in [0, 0.1) is 0 Å². The summed E-state index contributed by atoms with van der Waals surface area (Å²) in [6.07, 6.45) is 0.893. The van der Waals surface area contributed by atoms with Crippen LogP contribution in [0.4, 0.5) is 8.78 Å². The zero-order valence-corrected chi connectivity index (χ0v) is 10.1. The molecule has 0 aromatic heterocycles. The van der Waals surface area contributed by atoms with Crippen molar-refractivity contribution in [3.63, 3.8) is 0 Å². The Morgan fingerprint density at radius 3 is 2.19 bits per heavy atom. The van der Waals surface area contributed by atoms with Crippen molar-refractivity contribution in [1.82, 2.24) is 4.90 Å². The topological polar surface area (TPSA) is 38.8 Å². The molecule has 2 aliphatic heterocycles. The maximum atomic E-state index is 12.7. The van der Waals surface area contributed by atoms with Crippen molar-refractivity contribution in [3.8, 4) is 0 Å². The third-order valence-electron chi connectivity index (χ3n) is 2.87. The van der Waals surface area contributed by atoms with Gasteiger partial charge in [0.05, 0.1) is 13.2 Å². The molecule has 0 bridgehead atoms. The molecule has 0 N–H and O–H groups in total. The van der Waals surface area contributed by atoms with E-state index < -0.39 is 16.5 Å². The van der Waals surface area contributed by atoms with Crippen LogP contribution in [-0.2, 0) is 14.3 Å². The first-order valence-electron chi connectivity index (χ1n) is 5.07. The number of carbonyl (C=O) groups is 1. The number of hydrogen-bond acceptors (Lipinski definition) is 3. The van der Waals surface area contributed by atoms with E-state index in [0.29, 0.717) is 26.1 Å². The van der Waals surface area contributed by atoms with Crippen molar-refractivity contribution >= 4 is 21.8 Å². The zero-order valence-electron chi connectivity index (χ0n) is 8.55. The van der Waals surface area contributed by atoms with Crippen molar-refractivity contribution in [3.05, 3.63) is 0 Å². The summed E-state index contributed by atoms with van der Waals surface area (Å²) in [5.41, 5.74) is 0. The number of nitrogens with zero attached hydrogens (tertiary/aromatic N) is 1. The molecular weight excluding hydrogens is 288 g/mol. The molecule has 1 spiro atoms. The van der Waals surface area contributed by atoms with Crippen molar-refractivity contribution in [2.45, 2.75) is 23.5 Å². The fraction of sp³-hybridized carbons (Fsp3) is 0.889. The minimum Gasteiger partial charge on any atom is -0.347 e. The van der Waals surface area contributed by atoms with Crippen LogP contribution >= 0.6 is 15.9 Å². The number of alkyl halides is 3. The van der Waals surface area contributed by atoms with Gasteiger partial charge in [0.15, 0.2) is 5.79 Å². The summed E-state index contributed by atoms with van der Waals surface area (Å²) in [4.78, 5) is 8.92. The van der Waals surface area contributed by atoms with E-state index in [0.717, 1.165) is 4.90 Å². The summed E-state index contributed by atoms with van der Waals surface area (Å²) < 4.78 is 36.3. The van der Waals surface area contributed by atoms with Crippen LogP contribution in [-0.4, -0.2) is 47.7 Å². The molecule has 0 saturated carbocycles. The van der Waals surface area contributed by atoms with E-state index in [-0.39, 0.29) is 13.1 Å². The second-order valence-corrected chi connectivity index (χ2v) is 4.89. The highest BCUT2D eigenvalue weighted by Crippen LogP contribution is 2.33. The Kier molecular flexibility index (Phi) is 3.20. The molecule has 0 aromatic carbocycles. The van der Waals surface area contributed by atoms with Crippen LogP contribution in [0.25, 0.3) is 0 Å². The van der Waals surface area contributed by atoms with Crippen LogP contribution in [0.2, 0.25) is 0 Å². The van der Waals surface area contributed by atoms with E-state index in [1.165, 1.54) is 0 Å². The average molecular weight is 300 g/mol. The highest BCUT2D eigenvalue weighted by Gasteiger charge is 2.45. The predicted molar refractivity (Wildman–Crippen MR) is 54.3 cm³/mol. The van der Waals surface area contributed by atoms with Gasteiger partial charge in [0.25, 0.3) is 0 Å². The lowest BCUT2D eigenvalue weighted by Gasteiger charge is -2.37. The van der Waals surface area contributed by atoms with Gasteiger partial charge < -0.3 is 14.4 Å². The molecule has 0 unspecified atom stereocenters. The van der Waals surface area contributed by atoms with Crippen LogP contribution in [0.5, 0.6) is 0 Å². The lowest BCUT2D eigenvalue weighted by molar-refractivity contribution is -0.190. The van der Waals surface area contributed by atoms with Gasteiger partial charge in [-0.3, -0.25) is 4.79 Å². The molecule has 2 aliphatic rings. The molecule has 1 amide bonds. The maximum Gasteiger partial charge on any atom is 0.377 e. The molecule has 0 aliphatic carbocycles. The van der Waals surface area contributed by atoms with E-state index >= 15 is 0 Å². The van der Waals surface area contributed by atoms with Crippen LogP contribution in [0.15, 0.2) is 0 Å². The molecule has 92 valence electrons. The first-order valence-corrected chi connectivity index (χ1v) is 5.86. The highest BCUT2D eigenvalue weighted by molar-refractivity contribution is 9.10. The Balaban J connectivity index is 1.92. The normalized spacial score (nSPS) is 25.1. The predicted octanol–water partition coefficient (Wildman–Crippen LogP) is 1.34. The van der Waals surface area contributed by atoms with E-state index in [1.54, 1.807) is 0 Å². The van der Waals surface area contributed by atoms with Crippen molar-refractivity contribution in [2.24, 2.45) is 0 Å². The molecule has 0 aromatic rings. The number of rotatable bonds is 1. The largest absolute Gasteiger partial charge is 0.377 e. The summed E-state index contributed by atoms with van der Waals surface area (Å²) in [7, 11) is 0. The fourth-order valence-electron chi connectivity index (χ4n) is 2.02. The van der Waals surface area contributed by atoms with Gasteiger partial charge >= 0.3 is 10.7 Å². The Morgan fingerprint density at radius 1 is 1.25 bits per heavy atom. The molecule has 16 heavy (non-hydrogen) atoms. The van der Waals surface area contributed by atoms with Gasteiger partial charge in [0.1, 0.15) is 0 Å².